The van der Waals surface area contributed by atoms with E-state index in [4.69, 9.17) is 5.73 Å². The fourth-order valence-electron chi connectivity index (χ4n) is 1.79. The molecule has 0 atom stereocenters. The van der Waals surface area contributed by atoms with E-state index < -0.39 is 0 Å². The second-order valence-electron chi connectivity index (χ2n) is 4.37. The Hall–Kier alpha value is -1.94. The minimum atomic E-state index is -0.118. The monoisotopic (exact) mass is 243 g/mol. The molecule has 0 spiro atoms. The van der Waals surface area contributed by atoms with E-state index in [1.54, 1.807) is 6.07 Å². The maximum Gasteiger partial charge on any atom is 0.266 e. The van der Waals surface area contributed by atoms with E-state index >= 15 is 0 Å². The Morgan fingerprint density at radius 3 is 2.61 bits per heavy atom. The molecule has 1 heterocycles. The molecule has 2 rings (SSSR count). The Morgan fingerprint density at radius 2 is 1.94 bits per heavy atom. The van der Waals surface area contributed by atoms with Crippen LogP contribution < -0.4 is 11.3 Å². The Morgan fingerprint density at radius 1 is 1.17 bits per heavy atom. The molecule has 94 valence electrons. The van der Waals surface area contributed by atoms with Gasteiger partial charge in [-0.15, -0.1) is 0 Å². The predicted molar refractivity (Wildman–Crippen MR) is 72.5 cm³/mol. The largest absolute Gasteiger partial charge is 0.329 e. The van der Waals surface area contributed by atoms with Crippen LogP contribution in [0.5, 0.6) is 0 Å². The van der Waals surface area contributed by atoms with Gasteiger partial charge in [0.25, 0.3) is 5.56 Å². The van der Waals surface area contributed by atoms with Crippen molar-refractivity contribution >= 4 is 0 Å². The standard InChI is InChI=1S/C14H17N3O/c1-10-3-4-12(9-11(10)2)13-5-6-14(18)17(16-13)8-7-15/h3-6,9H,7-8,15H2,1-2H3. The van der Waals surface area contributed by atoms with Gasteiger partial charge in [-0.05, 0) is 37.1 Å². The van der Waals surface area contributed by atoms with Gasteiger partial charge in [-0.1, -0.05) is 12.1 Å². The number of hydrogen-bond acceptors (Lipinski definition) is 3. The molecule has 0 saturated carbocycles. The van der Waals surface area contributed by atoms with Gasteiger partial charge in [0.1, 0.15) is 0 Å². The first kappa shape index (κ1) is 12.5. The minimum absolute atomic E-state index is 0.118. The molecule has 4 heteroatoms. The van der Waals surface area contributed by atoms with Crippen molar-refractivity contribution in [3.05, 3.63) is 51.8 Å². The van der Waals surface area contributed by atoms with Crippen molar-refractivity contribution < 1.29 is 0 Å². The average Bonchev–Trinajstić information content (AvgIpc) is 2.36. The van der Waals surface area contributed by atoms with E-state index in [9.17, 15) is 4.79 Å². The van der Waals surface area contributed by atoms with Crippen LogP contribution in [0.1, 0.15) is 11.1 Å². The first-order valence-corrected chi connectivity index (χ1v) is 5.97. The van der Waals surface area contributed by atoms with Crippen LogP contribution in [0.2, 0.25) is 0 Å². The number of benzene rings is 1. The van der Waals surface area contributed by atoms with E-state index in [0.717, 1.165) is 11.3 Å². The van der Waals surface area contributed by atoms with E-state index in [1.165, 1.54) is 21.9 Å². The van der Waals surface area contributed by atoms with Crippen LogP contribution in [-0.2, 0) is 6.54 Å². The summed E-state index contributed by atoms with van der Waals surface area (Å²) in [7, 11) is 0. The lowest BCUT2D eigenvalue weighted by molar-refractivity contribution is 0.590. The lowest BCUT2D eigenvalue weighted by Gasteiger charge is -2.07. The first-order valence-electron chi connectivity index (χ1n) is 5.97. The van der Waals surface area contributed by atoms with Gasteiger partial charge in [0.15, 0.2) is 0 Å². The van der Waals surface area contributed by atoms with Gasteiger partial charge >= 0.3 is 0 Å². The lowest BCUT2D eigenvalue weighted by Crippen LogP contribution is -2.25. The zero-order chi connectivity index (χ0) is 13.1. The van der Waals surface area contributed by atoms with Gasteiger partial charge in [0.05, 0.1) is 12.2 Å². The number of nitrogens with two attached hydrogens (primary N) is 1. The van der Waals surface area contributed by atoms with Crippen LogP contribution in [0.3, 0.4) is 0 Å². The highest BCUT2D eigenvalue weighted by molar-refractivity contribution is 5.60. The molecular formula is C14H17N3O. The molecular weight excluding hydrogens is 226 g/mol. The van der Waals surface area contributed by atoms with Crippen molar-refractivity contribution in [2.24, 2.45) is 5.73 Å². The van der Waals surface area contributed by atoms with Crippen molar-refractivity contribution in [1.82, 2.24) is 9.78 Å². The van der Waals surface area contributed by atoms with Crippen LogP contribution in [-0.4, -0.2) is 16.3 Å². The maximum absolute atomic E-state index is 11.6. The smallest absolute Gasteiger partial charge is 0.266 e. The molecule has 18 heavy (non-hydrogen) atoms. The van der Waals surface area contributed by atoms with Gasteiger partial charge in [-0.3, -0.25) is 4.79 Å². The van der Waals surface area contributed by atoms with Gasteiger partial charge in [0.2, 0.25) is 0 Å². The highest BCUT2D eigenvalue weighted by Gasteiger charge is 2.04. The fourth-order valence-corrected chi connectivity index (χ4v) is 1.79. The summed E-state index contributed by atoms with van der Waals surface area (Å²) in [5, 5.41) is 4.33. The lowest BCUT2D eigenvalue weighted by atomic mass is 10.0. The Kier molecular flexibility index (Phi) is 3.58. The second kappa shape index (κ2) is 5.14. The summed E-state index contributed by atoms with van der Waals surface area (Å²) in [5.74, 6) is 0. The molecule has 0 fully saturated rings. The summed E-state index contributed by atoms with van der Waals surface area (Å²) in [6, 6.07) is 9.44. The topological polar surface area (TPSA) is 60.9 Å². The van der Waals surface area contributed by atoms with Crippen molar-refractivity contribution in [1.29, 1.82) is 0 Å². The first-order chi connectivity index (χ1) is 8.61. The van der Waals surface area contributed by atoms with Gasteiger partial charge in [-0.2, -0.15) is 5.10 Å². The molecule has 2 aromatic rings. The molecule has 0 unspecified atom stereocenters. The normalized spacial score (nSPS) is 10.6. The molecule has 0 amide bonds. The number of aromatic nitrogens is 2. The summed E-state index contributed by atoms with van der Waals surface area (Å²) in [6.07, 6.45) is 0. The van der Waals surface area contributed by atoms with Crippen molar-refractivity contribution in [2.45, 2.75) is 20.4 Å². The van der Waals surface area contributed by atoms with Gasteiger partial charge < -0.3 is 5.73 Å². The molecule has 1 aromatic heterocycles. The SMILES string of the molecule is Cc1ccc(-c2ccc(=O)n(CCN)n2)cc1C. The van der Waals surface area contributed by atoms with Crippen LogP contribution in [0.25, 0.3) is 11.3 Å². The van der Waals surface area contributed by atoms with Crippen molar-refractivity contribution in [3.8, 4) is 11.3 Å². The molecule has 0 aliphatic carbocycles. The quantitative estimate of drug-likeness (QED) is 0.888. The number of aryl methyl sites for hydroxylation is 2. The highest BCUT2D eigenvalue weighted by Crippen LogP contribution is 2.19. The molecule has 0 aliphatic heterocycles. The van der Waals surface area contributed by atoms with Crippen molar-refractivity contribution in [2.75, 3.05) is 6.54 Å². The summed E-state index contributed by atoms with van der Waals surface area (Å²) in [4.78, 5) is 11.6. The summed E-state index contributed by atoms with van der Waals surface area (Å²) >= 11 is 0. The molecule has 2 N–H and O–H groups in total. The molecule has 0 aliphatic rings. The third-order valence-corrected chi connectivity index (χ3v) is 3.01. The molecule has 0 saturated heterocycles. The molecule has 0 bridgehead atoms. The third kappa shape index (κ3) is 2.49. The minimum Gasteiger partial charge on any atom is -0.329 e. The van der Waals surface area contributed by atoms with Crippen LogP contribution >= 0.6 is 0 Å². The molecule has 4 nitrogen and oxygen atoms in total. The molecule has 0 radical (unpaired) electrons. The Bertz CT molecular complexity index is 617. The fraction of sp³-hybridized carbons (Fsp3) is 0.286. The Labute approximate surface area is 106 Å². The average molecular weight is 243 g/mol. The zero-order valence-corrected chi connectivity index (χ0v) is 10.7. The van der Waals surface area contributed by atoms with E-state index in [-0.39, 0.29) is 5.56 Å². The molecule has 1 aromatic carbocycles. The van der Waals surface area contributed by atoms with Crippen molar-refractivity contribution in [3.63, 3.8) is 0 Å². The summed E-state index contributed by atoms with van der Waals surface area (Å²) in [6.45, 7) is 4.98. The second-order valence-corrected chi connectivity index (χ2v) is 4.37. The number of rotatable bonds is 3. The van der Waals surface area contributed by atoms with E-state index in [0.29, 0.717) is 13.1 Å². The van der Waals surface area contributed by atoms with Crippen LogP contribution in [0.4, 0.5) is 0 Å². The number of nitrogens with zero attached hydrogens (tertiary/aromatic N) is 2. The van der Waals surface area contributed by atoms with E-state index in [2.05, 4.69) is 31.1 Å². The van der Waals surface area contributed by atoms with Crippen LogP contribution in [0.15, 0.2) is 35.1 Å². The summed E-state index contributed by atoms with van der Waals surface area (Å²) < 4.78 is 1.41. The highest BCUT2D eigenvalue weighted by atomic mass is 16.1. The summed E-state index contributed by atoms with van der Waals surface area (Å²) in [5.41, 5.74) is 9.62. The zero-order valence-electron chi connectivity index (χ0n) is 10.7. The van der Waals surface area contributed by atoms with Gasteiger partial charge in [-0.25, -0.2) is 4.68 Å². The van der Waals surface area contributed by atoms with Crippen LogP contribution in [0, 0.1) is 13.8 Å². The maximum atomic E-state index is 11.6. The predicted octanol–water partition coefficient (Wildman–Crippen LogP) is 1.49. The number of hydrogen-bond donors (Lipinski definition) is 1. The third-order valence-electron chi connectivity index (χ3n) is 3.01. The van der Waals surface area contributed by atoms with Gasteiger partial charge in [0, 0.05) is 18.2 Å². The van der Waals surface area contributed by atoms with E-state index in [1.807, 2.05) is 6.07 Å². The Balaban J connectivity index is 2.47.